The van der Waals surface area contributed by atoms with Gasteiger partial charge in [-0.25, -0.2) is 12.8 Å². The van der Waals surface area contributed by atoms with Gasteiger partial charge in [0, 0.05) is 24.8 Å². The van der Waals surface area contributed by atoms with Crippen LogP contribution in [-0.4, -0.2) is 28.0 Å². The maximum Gasteiger partial charge on any atom is 0.265 e. The Labute approximate surface area is 158 Å². The maximum atomic E-state index is 13.9. The third kappa shape index (κ3) is 3.75. The molecule has 144 valence electrons. The average Bonchev–Trinajstić information content (AvgIpc) is 2.62. The average molecular weight is 392 g/mol. The van der Waals surface area contributed by atoms with E-state index in [-0.39, 0.29) is 16.6 Å². The first-order chi connectivity index (χ1) is 12.7. The largest absolute Gasteiger partial charge is 0.495 e. The van der Waals surface area contributed by atoms with Gasteiger partial charge in [0.15, 0.2) is 0 Å². The smallest absolute Gasteiger partial charge is 0.265 e. The van der Waals surface area contributed by atoms with Crippen LogP contribution in [0.15, 0.2) is 35.2 Å². The zero-order valence-corrected chi connectivity index (χ0v) is 16.2. The minimum Gasteiger partial charge on any atom is -0.495 e. The summed E-state index contributed by atoms with van der Waals surface area (Å²) in [7, 11) is -2.71. The number of carbonyl (C=O) groups excluding carboxylic acids is 1. The third-order valence-electron chi connectivity index (χ3n) is 4.56. The van der Waals surface area contributed by atoms with Gasteiger partial charge < -0.3 is 9.64 Å². The van der Waals surface area contributed by atoms with Crippen LogP contribution in [0, 0.1) is 12.7 Å². The number of methoxy groups -OCH3 is 1. The summed E-state index contributed by atoms with van der Waals surface area (Å²) in [4.78, 5) is 13.2. The van der Waals surface area contributed by atoms with Gasteiger partial charge in [-0.15, -0.1) is 0 Å². The number of nitrogens with zero attached hydrogens (tertiary/aromatic N) is 1. The van der Waals surface area contributed by atoms with Crippen LogP contribution in [0.1, 0.15) is 24.5 Å². The number of fused-ring (bicyclic) bond motifs is 1. The van der Waals surface area contributed by atoms with E-state index < -0.39 is 15.8 Å². The van der Waals surface area contributed by atoms with Crippen molar-refractivity contribution in [2.24, 2.45) is 0 Å². The number of hydrogen-bond acceptors (Lipinski definition) is 4. The van der Waals surface area contributed by atoms with E-state index in [1.807, 2.05) is 0 Å². The second kappa shape index (κ2) is 7.19. The summed E-state index contributed by atoms with van der Waals surface area (Å²) in [6.07, 6.45) is 1.55. The highest BCUT2D eigenvalue weighted by Gasteiger charge is 2.24. The third-order valence-corrected chi connectivity index (χ3v) is 5.97. The van der Waals surface area contributed by atoms with E-state index in [1.165, 1.54) is 27.0 Å². The number of ether oxygens (including phenoxy) is 1. The number of rotatable bonds is 4. The van der Waals surface area contributed by atoms with E-state index in [0.29, 0.717) is 17.8 Å². The molecule has 2 aromatic rings. The molecule has 0 saturated carbocycles. The summed E-state index contributed by atoms with van der Waals surface area (Å²) in [5, 5.41) is 0. The molecule has 0 radical (unpaired) electrons. The monoisotopic (exact) mass is 392 g/mol. The molecule has 6 nitrogen and oxygen atoms in total. The molecule has 1 aliphatic rings. The molecule has 0 bridgehead atoms. The lowest BCUT2D eigenvalue weighted by molar-refractivity contribution is -0.116. The van der Waals surface area contributed by atoms with Gasteiger partial charge in [-0.2, -0.15) is 0 Å². The zero-order valence-electron chi connectivity index (χ0n) is 15.4. The Morgan fingerprint density at radius 1 is 1.26 bits per heavy atom. The molecule has 0 aliphatic carbocycles. The minimum absolute atomic E-state index is 0.0517. The highest BCUT2D eigenvalue weighted by Crippen LogP contribution is 2.32. The Morgan fingerprint density at radius 2 is 2.00 bits per heavy atom. The second-order valence-electron chi connectivity index (χ2n) is 6.48. The number of anilines is 2. The zero-order chi connectivity index (χ0) is 19.8. The molecule has 0 unspecified atom stereocenters. The van der Waals surface area contributed by atoms with Crippen molar-refractivity contribution in [3.63, 3.8) is 0 Å². The van der Waals surface area contributed by atoms with Crippen molar-refractivity contribution in [3.8, 4) is 5.75 Å². The first-order valence-electron chi connectivity index (χ1n) is 8.51. The SMILES string of the molecule is COc1cc(C)c(F)cc1S(=O)(=O)Nc1ccc2c(c1)CCCN2C(C)=O. The molecule has 1 heterocycles. The van der Waals surface area contributed by atoms with E-state index in [0.717, 1.165) is 30.2 Å². The van der Waals surface area contributed by atoms with Crippen LogP contribution < -0.4 is 14.4 Å². The highest BCUT2D eigenvalue weighted by molar-refractivity contribution is 7.92. The van der Waals surface area contributed by atoms with Gasteiger partial charge in [0.25, 0.3) is 10.0 Å². The van der Waals surface area contributed by atoms with Gasteiger partial charge in [-0.05, 0) is 61.2 Å². The highest BCUT2D eigenvalue weighted by atomic mass is 32.2. The van der Waals surface area contributed by atoms with Crippen LogP contribution in [-0.2, 0) is 21.2 Å². The van der Waals surface area contributed by atoms with Gasteiger partial charge in [0.2, 0.25) is 5.91 Å². The van der Waals surface area contributed by atoms with Gasteiger partial charge in [-0.3, -0.25) is 9.52 Å². The number of benzene rings is 2. The van der Waals surface area contributed by atoms with Crippen LogP contribution in [0.25, 0.3) is 0 Å². The number of nitrogens with one attached hydrogen (secondary N) is 1. The fourth-order valence-electron chi connectivity index (χ4n) is 3.20. The molecule has 0 spiro atoms. The molecule has 27 heavy (non-hydrogen) atoms. The fourth-order valence-corrected chi connectivity index (χ4v) is 4.42. The molecule has 2 aromatic carbocycles. The topological polar surface area (TPSA) is 75.7 Å². The molecular formula is C19H21FN2O4S. The van der Waals surface area contributed by atoms with Crippen molar-refractivity contribution in [2.75, 3.05) is 23.3 Å². The van der Waals surface area contributed by atoms with Crippen molar-refractivity contribution < 1.29 is 22.3 Å². The second-order valence-corrected chi connectivity index (χ2v) is 8.13. The van der Waals surface area contributed by atoms with Crippen molar-refractivity contribution >= 4 is 27.3 Å². The van der Waals surface area contributed by atoms with Crippen LogP contribution in [0.4, 0.5) is 15.8 Å². The number of aryl methyl sites for hydroxylation is 2. The van der Waals surface area contributed by atoms with E-state index >= 15 is 0 Å². The van der Waals surface area contributed by atoms with Crippen LogP contribution in [0.3, 0.4) is 0 Å². The molecule has 0 fully saturated rings. The minimum atomic E-state index is -4.05. The van der Waals surface area contributed by atoms with Gasteiger partial charge >= 0.3 is 0 Å². The molecule has 0 atom stereocenters. The summed E-state index contributed by atoms with van der Waals surface area (Å²) in [6, 6.07) is 7.32. The number of sulfonamides is 1. The van der Waals surface area contributed by atoms with Crippen molar-refractivity contribution in [1.29, 1.82) is 0 Å². The summed E-state index contributed by atoms with van der Waals surface area (Å²) in [5.41, 5.74) is 2.32. The Bertz CT molecular complexity index is 1010. The lowest BCUT2D eigenvalue weighted by Gasteiger charge is -2.29. The molecule has 1 aliphatic heterocycles. The van der Waals surface area contributed by atoms with Gasteiger partial charge in [-0.1, -0.05) is 0 Å². The molecule has 3 rings (SSSR count). The van der Waals surface area contributed by atoms with Crippen LogP contribution in [0.2, 0.25) is 0 Å². The Hall–Kier alpha value is -2.61. The molecule has 0 saturated heterocycles. The summed E-state index contributed by atoms with van der Waals surface area (Å²) in [5.74, 6) is -0.607. The Balaban J connectivity index is 1.96. The number of amides is 1. The van der Waals surface area contributed by atoms with Gasteiger partial charge in [0.05, 0.1) is 7.11 Å². The lowest BCUT2D eigenvalue weighted by atomic mass is 10.0. The summed E-state index contributed by atoms with van der Waals surface area (Å²) in [6.45, 7) is 3.68. The number of hydrogen-bond donors (Lipinski definition) is 1. The van der Waals surface area contributed by atoms with Crippen molar-refractivity contribution in [1.82, 2.24) is 0 Å². The van der Waals surface area contributed by atoms with E-state index in [4.69, 9.17) is 4.74 Å². The predicted molar refractivity (Wildman–Crippen MR) is 101 cm³/mol. The first kappa shape index (κ1) is 19.2. The molecule has 1 N–H and O–H groups in total. The molecule has 0 aromatic heterocycles. The first-order valence-corrected chi connectivity index (χ1v) is 9.99. The fraction of sp³-hybridized carbons (Fsp3) is 0.316. The summed E-state index contributed by atoms with van der Waals surface area (Å²) >= 11 is 0. The van der Waals surface area contributed by atoms with Crippen LogP contribution >= 0.6 is 0 Å². The van der Waals surface area contributed by atoms with Crippen LogP contribution in [0.5, 0.6) is 5.75 Å². The van der Waals surface area contributed by atoms with Gasteiger partial charge in [0.1, 0.15) is 16.5 Å². The van der Waals surface area contributed by atoms with E-state index in [9.17, 15) is 17.6 Å². The molecule has 1 amide bonds. The predicted octanol–water partition coefficient (Wildman–Crippen LogP) is 3.24. The summed E-state index contributed by atoms with van der Waals surface area (Å²) < 4.78 is 47.0. The quantitative estimate of drug-likeness (QED) is 0.867. The van der Waals surface area contributed by atoms with Crippen molar-refractivity contribution in [3.05, 3.63) is 47.3 Å². The Kier molecular flexibility index (Phi) is 5.10. The lowest BCUT2D eigenvalue weighted by Crippen LogP contribution is -2.33. The Morgan fingerprint density at radius 3 is 2.67 bits per heavy atom. The molecular weight excluding hydrogens is 371 g/mol. The van der Waals surface area contributed by atoms with E-state index in [1.54, 1.807) is 23.1 Å². The van der Waals surface area contributed by atoms with E-state index in [2.05, 4.69) is 4.72 Å². The number of carbonyl (C=O) groups is 1. The molecule has 8 heteroatoms. The standard InChI is InChI=1S/C19H21FN2O4S/c1-12-9-18(26-3)19(11-16(12)20)27(24,25)21-15-6-7-17-14(10-15)5-4-8-22(17)13(2)23/h6-7,9-11,21H,4-5,8H2,1-3H3. The maximum absolute atomic E-state index is 13.9. The number of halogens is 1. The normalized spacial score (nSPS) is 13.9. The van der Waals surface area contributed by atoms with Crippen molar-refractivity contribution in [2.45, 2.75) is 31.6 Å².